The van der Waals surface area contributed by atoms with Crippen LogP contribution in [0, 0.1) is 23.2 Å². The van der Waals surface area contributed by atoms with Crippen molar-refractivity contribution in [1.29, 1.82) is 0 Å². The van der Waals surface area contributed by atoms with Gasteiger partial charge in [0.2, 0.25) is 0 Å². The lowest BCUT2D eigenvalue weighted by molar-refractivity contribution is 0.130. The van der Waals surface area contributed by atoms with Gasteiger partial charge in [-0.25, -0.2) is 0 Å². The van der Waals surface area contributed by atoms with Gasteiger partial charge in [-0.15, -0.1) is 0 Å². The van der Waals surface area contributed by atoms with E-state index < -0.39 is 0 Å². The van der Waals surface area contributed by atoms with Gasteiger partial charge in [-0.2, -0.15) is 0 Å². The number of rotatable bonds is 0. The fraction of sp³-hybridized carbons (Fsp3) is 0.625. The molecule has 1 fully saturated rings. The molecule has 0 aromatic rings. The van der Waals surface area contributed by atoms with Crippen LogP contribution in [-0.2, 0) is 0 Å². The number of hydrogen-bond donors (Lipinski definition) is 0. The molecule has 16 heavy (non-hydrogen) atoms. The van der Waals surface area contributed by atoms with E-state index in [2.05, 4.69) is 31.4 Å². The van der Waals surface area contributed by atoms with E-state index in [4.69, 9.17) is 0 Å². The molecule has 1 saturated carbocycles. The Morgan fingerprint density at radius 3 is 3.00 bits per heavy atom. The molecule has 2 aliphatic carbocycles. The molecule has 0 aliphatic heterocycles. The molecular weight excluding hydrogens is 192 g/mol. The Morgan fingerprint density at radius 2 is 2.25 bits per heavy atom. The number of fused-ring (bicyclic) bond motifs is 1. The molecule has 86 valence electrons. The van der Waals surface area contributed by atoms with Gasteiger partial charge in [0.05, 0.1) is 0 Å². The SMILES string of the molecule is C=C(C)C#CC1=C[C@H]2CCCC[C@]2(C)CC1. The second-order valence-electron chi connectivity index (χ2n) is 5.73. The van der Waals surface area contributed by atoms with Crippen LogP contribution in [0.3, 0.4) is 0 Å². The second kappa shape index (κ2) is 4.50. The van der Waals surface area contributed by atoms with Gasteiger partial charge in [-0.05, 0) is 55.1 Å². The topological polar surface area (TPSA) is 0 Å². The molecule has 0 heterocycles. The summed E-state index contributed by atoms with van der Waals surface area (Å²) in [5, 5.41) is 0. The Hall–Kier alpha value is -0.960. The van der Waals surface area contributed by atoms with Gasteiger partial charge in [0.25, 0.3) is 0 Å². The minimum atomic E-state index is 0.576. The van der Waals surface area contributed by atoms with Gasteiger partial charge < -0.3 is 0 Å². The molecule has 2 rings (SSSR count). The summed E-state index contributed by atoms with van der Waals surface area (Å²) in [5.41, 5.74) is 2.90. The van der Waals surface area contributed by atoms with Crippen molar-refractivity contribution in [3.8, 4) is 11.8 Å². The van der Waals surface area contributed by atoms with Crippen LogP contribution in [0.1, 0.15) is 52.4 Å². The van der Waals surface area contributed by atoms with Crippen LogP contribution in [0.5, 0.6) is 0 Å². The highest BCUT2D eigenvalue weighted by Crippen LogP contribution is 2.48. The zero-order valence-corrected chi connectivity index (χ0v) is 10.6. The molecule has 0 aromatic heterocycles. The molecular formula is C16H22. The third kappa shape index (κ3) is 2.40. The molecule has 2 atom stereocenters. The van der Waals surface area contributed by atoms with Crippen molar-refractivity contribution in [3.05, 3.63) is 23.8 Å². The van der Waals surface area contributed by atoms with Crippen LogP contribution in [0.2, 0.25) is 0 Å². The zero-order valence-electron chi connectivity index (χ0n) is 10.6. The number of hydrogen-bond acceptors (Lipinski definition) is 0. The van der Waals surface area contributed by atoms with Gasteiger partial charge >= 0.3 is 0 Å². The van der Waals surface area contributed by atoms with Crippen molar-refractivity contribution in [1.82, 2.24) is 0 Å². The van der Waals surface area contributed by atoms with Crippen LogP contribution < -0.4 is 0 Å². The highest BCUT2D eigenvalue weighted by molar-refractivity contribution is 5.37. The zero-order chi connectivity index (χ0) is 11.6. The van der Waals surface area contributed by atoms with Gasteiger partial charge in [0.1, 0.15) is 0 Å². The van der Waals surface area contributed by atoms with Crippen molar-refractivity contribution in [2.24, 2.45) is 11.3 Å². The summed E-state index contributed by atoms with van der Waals surface area (Å²) in [6.07, 6.45) is 10.6. The number of allylic oxidation sites excluding steroid dienone is 3. The van der Waals surface area contributed by atoms with E-state index in [1.807, 2.05) is 6.92 Å². The predicted octanol–water partition coefficient (Wildman–Crippen LogP) is 4.48. The van der Waals surface area contributed by atoms with E-state index in [9.17, 15) is 0 Å². The smallest absolute Gasteiger partial charge is 0.00127 e. The summed E-state index contributed by atoms with van der Waals surface area (Å²) in [5.74, 6) is 7.18. The maximum absolute atomic E-state index is 3.83. The lowest BCUT2D eigenvalue weighted by Crippen LogP contribution is -2.32. The molecule has 2 aliphatic rings. The highest BCUT2D eigenvalue weighted by Gasteiger charge is 2.37. The third-order valence-corrected chi connectivity index (χ3v) is 4.21. The minimum absolute atomic E-state index is 0.576. The van der Waals surface area contributed by atoms with Crippen LogP contribution in [0.4, 0.5) is 0 Å². The van der Waals surface area contributed by atoms with E-state index in [1.54, 1.807) is 0 Å². The summed E-state index contributed by atoms with van der Waals surface area (Å²) < 4.78 is 0. The maximum Gasteiger partial charge on any atom is -0.00127 e. The van der Waals surface area contributed by atoms with Crippen molar-refractivity contribution >= 4 is 0 Å². The standard InChI is InChI=1S/C16H22/c1-13(2)7-8-14-9-11-16(3)10-5-4-6-15(16)12-14/h12,15H,1,4-6,9-11H2,2-3H3/t15-,16-/m1/s1. The molecule has 0 N–H and O–H groups in total. The first-order valence-corrected chi connectivity index (χ1v) is 6.48. The second-order valence-corrected chi connectivity index (χ2v) is 5.73. The Morgan fingerprint density at radius 1 is 1.44 bits per heavy atom. The summed E-state index contributed by atoms with van der Waals surface area (Å²) in [6.45, 7) is 8.28. The molecule has 0 aromatic carbocycles. The third-order valence-electron chi connectivity index (χ3n) is 4.21. The average Bonchev–Trinajstić information content (AvgIpc) is 2.26. The summed E-state index contributed by atoms with van der Waals surface area (Å²) >= 11 is 0. The van der Waals surface area contributed by atoms with Crippen LogP contribution in [-0.4, -0.2) is 0 Å². The van der Waals surface area contributed by atoms with Crippen LogP contribution in [0.15, 0.2) is 23.8 Å². The molecule has 0 amide bonds. The molecule has 0 nitrogen and oxygen atoms in total. The molecule has 0 unspecified atom stereocenters. The monoisotopic (exact) mass is 214 g/mol. The van der Waals surface area contributed by atoms with Gasteiger partial charge in [0.15, 0.2) is 0 Å². The molecule has 0 heteroatoms. The van der Waals surface area contributed by atoms with E-state index in [-0.39, 0.29) is 0 Å². The lowest BCUT2D eigenvalue weighted by atomic mass is 9.62. The minimum Gasteiger partial charge on any atom is -0.0877 e. The van der Waals surface area contributed by atoms with Crippen LogP contribution >= 0.6 is 0 Å². The maximum atomic E-state index is 3.83. The van der Waals surface area contributed by atoms with E-state index in [0.29, 0.717) is 5.41 Å². The Balaban J connectivity index is 2.15. The van der Waals surface area contributed by atoms with Gasteiger partial charge in [0, 0.05) is 0 Å². The van der Waals surface area contributed by atoms with Crippen molar-refractivity contribution < 1.29 is 0 Å². The molecule has 0 spiro atoms. The Bertz CT molecular complexity index is 375. The summed E-state index contributed by atoms with van der Waals surface area (Å²) in [4.78, 5) is 0. The molecule has 0 radical (unpaired) electrons. The Labute approximate surface area is 99.8 Å². The van der Waals surface area contributed by atoms with Gasteiger partial charge in [-0.1, -0.05) is 44.3 Å². The lowest BCUT2D eigenvalue weighted by Gasteiger charge is -2.43. The first-order chi connectivity index (χ1) is 7.60. The highest BCUT2D eigenvalue weighted by atomic mass is 14.4. The first-order valence-electron chi connectivity index (χ1n) is 6.48. The van der Waals surface area contributed by atoms with Crippen molar-refractivity contribution in [3.63, 3.8) is 0 Å². The van der Waals surface area contributed by atoms with Gasteiger partial charge in [-0.3, -0.25) is 0 Å². The molecule has 0 saturated heterocycles. The summed E-state index contributed by atoms with van der Waals surface area (Å²) in [7, 11) is 0. The average molecular weight is 214 g/mol. The largest absolute Gasteiger partial charge is 0.0877 e. The van der Waals surface area contributed by atoms with Crippen molar-refractivity contribution in [2.45, 2.75) is 52.4 Å². The predicted molar refractivity (Wildman–Crippen MR) is 70.0 cm³/mol. The fourth-order valence-corrected chi connectivity index (χ4v) is 3.06. The quantitative estimate of drug-likeness (QED) is 0.521. The van der Waals surface area contributed by atoms with E-state index in [0.717, 1.165) is 11.5 Å². The van der Waals surface area contributed by atoms with Crippen molar-refractivity contribution in [2.75, 3.05) is 0 Å². The van der Waals surface area contributed by atoms with E-state index in [1.165, 1.54) is 44.1 Å². The summed E-state index contributed by atoms with van der Waals surface area (Å²) in [6, 6.07) is 0. The Kier molecular flexibility index (Phi) is 3.24. The normalized spacial score (nSPS) is 33.1. The molecule has 0 bridgehead atoms. The van der Waals surface area contributed by atoms with E-state index >= 15 is 0 Å². The first kappa shape index (κ1) is 11.5. The van der Waals surface area contributed by atoms with Crippen LogP contribution in [0.25, 0.3) is 0 Å². The fourth-order valence-electron chi connectivity index (χ4n) is 3.06.